The van der Waals surface area contributed by atoms with E-state index in [1.807, 2.05) is 0 Å². The number of hydrogen-bond donors (Lipinski definition) is 3. The molecule has 0 aliphatic carbocycles. The summed E-state index contributed by atoms with van der Waals surface area (Å²) in [7, 11) is 0. The average Bonchev–Trinajstić information content (AvgIpc) is 2.40. The summed E-state index contributed by atoms with van der Waals surface area (Å²) in [4.78, 5) is 11.9. The number of anilines is 1. The lowest BCUT2D eigenvalue weighted by Crippen LogP contribution is -2.25. The zero-order chi connectivity index (χ0) is 13.8. The van der Waals surface area contributed by atoms with E-state index in [0.29, 0.717) is 11.3 Å². The van der Waals surface area contributed by atoms with Crippen molar-refractivity contribution in [3.63, 3.8) is 0 Å². The molecule has 0 atom stereocenters. The van der Waals surface area contributed by atoms with Crippen LogP contribution < -0.4 is 10.8 Å². The highest BCUT2D eigenvalue weighted by atomic mass is 16.3. The van der Waals surface area contributed by atoms with Gasteiger partial charge in [0.15, 0.2) is 0 Å². The number of phenols is 1. The van der Waals surface area contributed by atoms with Crippen molar-refractivity contribution in [3.8, 4) is 5.75 Å². The van der Waals surface area contributed by atoms with Crippen molar-refractivity contribution in [2.75, 3.05) is 5.32 Å². The van der Waals surface area contributed by atoms with E-state index < -0.39 is 6.92 Å². The molecule has 5 heteroatoms. The molecule has 0 radical (unpaired) electrons. The molecule has 0 fully saturated rings. The molecule has 0 aromatic heterocycles. The SMILES string of the molecule is CB(O)c1ccc(NC(=O)c2ccc(O)cc2)cc1. The van der Waals surface area contributed by atoms with Crippen molar-refractivity contribution in [2.24, 2.45) is 0 Å². The summed E-state index contributed by atoms with van der Waals surface area (Å²) in [6.07, 6.45) is 0. The summed E-state index contributed by atoms with van der Waals surface area (Å²) < 4.78 is 0. The number of carbonyl (C=O) groups excluding carboxylic acids is 1. The van der Waals surface area contributed by atoms with Crippen molar-refractivity contribution < 1.29 is 14.9 Å². The van der Waals surface area contributed by atoms with Gasteiger partial charge in [0, 0.05) is 11.3 Å². The molecule has 2 aromatic carbocycles. The van der Waals surface area contributed by atoms with E-state index in [9.17, 15) is 9.82 Å². The molecular formula is C14H14BNO3. The van der Waals surface area contributed by atoms with Crippen molar-refractivity contribution in [2.45, 2.75) is 6.82 Å². The van der Waals surface area contributed by atoms with Crippen LogP contribution in [0.5, 0.6) is 5.75 Å². The van der Waals surface area contributed by atoms with Crippen molar-refractivity contribution in [3.05, 3.63) is 54.1 Å². The Hall–Kier alpha value is -2.27. The summed E-state index contributed by atoms with van der Waals surface area (Å²) >= 11 is 0. The summed E-state index contributed by atoms with van der Waals surface area (Å²) in [6, 6.07) is 13.0. The standard InChI is InChI=1S/C14H14BNO3/c1-15(19)11-4-6-12(7-5-11)16-14(18)10-2-8-13(17)9-3-10/h2-9,17,19H,1H3,(H,16,18). The first-order chi connectivity index (χ1) is 9.06. The Morgan fingerprint density at radius 2 is 1.63 bits per heavy atom. The Morgan fingerprint density at radius 1 is 1.05 bits per heavy atom. The van der Waals surface area contributed by atoms with Crippen molar-refractivity contribution in [1.82, 2.24) is 0 Å². The second kappa shape index (κ2) is 5.58. The molecule has 0 unspecified atom stereocenters. The van der Waals surface area contributed by atoms with Gasteiger partial charge < -0.3 is 15.4 Å². The van der Waals surface area contributed by atoms with Crippen LogP contribution in [0, 0.1) is 0 Å². The van der Waals surface area contributed by atoms with Gasteiger partial charge in [-0.25, -0.2) is 0 Å². The molecule has 2 rings (SSSR count). The van der Waals surface area contributed by atoms with Gasteiger partial charge in [0.1, 0.15) is 5.75 Å². The molecule has 0 saturated heterocycles. The van der Waals surface area contributed by atoms with E-state index in [-0.39, 0.29) is 11.7 Å². The maximum atomic E-state index is 11.9. The predicted molar refractivity (Wildman–Crippen MR) is 76.0 cm³/mol. The Kier molecular flexibility index (Phi) is 3.87. The third-order valence-corrected chi connectivity index (χ3v) is 2.78. The van der Waals surface area contributed by atoms with Gasteiger partial charge in [-0.05, 0) is 41.9 Å². The number of phenolic OH excluding ortho intramolecular Hbond substituents is 1. The Bertz CT molecular complexity index is 564. The monoisotopic (exact) mass is 255 g/mol. The van der Waals surface area contributed by atoms with Gasteiger partial charge in [0.05, 0.1) is 0 Å². The predicted octanol–water partition coefficient (Wildman–Crippen LogP) is 1.47. The maximum Gasteiger partial charge on any atom is 0.320 e. The van der Waals surface area contributed by atoms with Gasteiger partial charge in [-0.1, -0.05) is 19.0 Å². The van der Waals surface area contributed by atoms with E-state index in [1.54, 1.807) is 43.2 Å². The minimum atomic E-state index is -0.526. The highest BCUT2D eigenvalue weighted by Crippen LogP contribution is 2.12. The number of carbonyl (C=O) groups is 1. The molecule has 19 heavy (non-hydrogen) atoms. The van der Waals surface area contributed by atoms with Crippen LogP contribution in [-0.2, 0) is 0 Å². The van der Waals surface area contributed by atoms with Gasteiger partial charge in [-0.2, -0.15) is 0 Å². The molecule has 4 nitrogen and oxygen atoms in total. The fraction of sp³-hybridized carbons (Fsp3) is 0.0714. The van der Waals surface area contributed by atoms with Crippen LogP contribution in [0.2, 0.25) is 6.82 Å². The molecule has 96 valence electrons. The Balaban J connectivity index is 2.08. The summed E-state index contributed by atoms with van der Waals surface area (Å²) in [5.74, 6) is -0.123. The van der Waals surface area contributed by atoms with Crippen molar-refractivity contribution >= 4 is 24.0 Å². The zero-order valence-electron chi connectivity index (χ0n) is 10.5. The largest absolute Gasteiger partial charge is 0.508 e. The van der Waals surface area contributed by atoms with Gasteiger partial charge in [-0.15, -0.1) is 0 Å². The van der Waals surface area contributed by atoms with Crippen LogP contribution in [-0.4, -0.2) is 23.0 Å². The summed E-state index contributed by atoms with van der Waals surface area (Å²) in [5.41, 5.74) is 1.92. The lowest BCUT2D eigenvalue weighted by Gasteiger charge is -2.07. The van der Waals surface area contributed by atoms with Crippen LogP contribution in [0.1, 0.15) is 10.4 Å². The van der Waals surface area contributed by atoms with E-state index in [2.05, 4.69) is 5.32 Å². The summed E-state index contributed by atoms with van der Waals surface area (Å²) in [6.45, 7) is 1.16. The minimum Gasteiger partial charge on any atom is -0.508 e. The van der Waals surface area contributed by atoms with Gasteiger partial charge >= 0.3 is 6.92 Å². The van der Waals surface area contributed by atoms with Crippen LogP contribution in [0.3, 0.4) is 0 Å². The second-order valence-corrected chi connectivity index (χ2v) is 4.30. The third-order valence-electron chi connectivity index (χ3n) is 2.78. The number of aromatic hydroxyl groups is 1. The quantitative estimate of drug-likeness (QED) is 0.727. The Labute approximate surface area is 111 Å². The van der Waals surface area contributed by atoms with Crippen LogP contribution in [0.4, 0.5) is 5.69 Å². The first-order valence-corrected chi connectivity index (χ1v) is 5.94. The van der Waals surface area contributed by atoms with Crippen LogP contribution in [0.15, 0.2) is 48.5 Å². The zero-order valence-corrected chi connectivity index (χ0v) is 10.5. The second-order valence-electron chi connectivity index (χ2n) is 4.30. The molecule has 0 spiro atoms. The maximum absolute atomic E-state index is 11.9. The molecule has 0 saturated carbocycles. The number of benzene rings is 2. The average molecular weight is 255 g/mol. The minimum absolute atomic E-state index is 0.123. The lowest BCUT2D eigenvalue weighted by molar-refractivity contribution is 0.102. The third kappa shape index (κ3) is 3.36. The lowest BCUT2D eigenvalue weighted by atomic mass is 9.64. The summed E-state index contributed by atoms with van der Waals surface area (Å²) in [5, 5.41) is 21.3. The molecule has 1 amide bonds. The highest BCUT2D eigenvalue weighted by molar-refractivity contribution is 6.64. The van der Waals surface area contributed by atoms with Crippen LogP contribution >= 0.6 is 0 Å². The molecular weight excluding hydrogens is 241 g/mol. The van der Waals surface area contributed by atoms with E-state index in [1.165, 1.54) is 12.1 Å². The Morgan fingerprint density at radius 3 is 2.16 bits per heavy atom. The van der Waals surface area contributed by atoms with Gasteiger partial charge in [0.2, 0.25) is 0 Å². The van der Waals surface area contributed by atoms with E-state index >= 15 is 0 Å². The fourth-order valence-electron chi connectivity index (χ4n) is 1.66. The fourth-order valence-corrected chi connectivity index (χ4v) is 1.66. The molecule has 2 aromatic rings. The molecule has 3 N–H and O–H groups in total. The van der Waals surface area contributed by atoms with Gasteiger partial charge in [0.25, 0.3) is 5.91 Å². The van der Waals surface area contributed by atoms with E-state index in [0.717, 1.165) is 5.46 Å². The number of rotatable bonds is 3. The van der Waals surface area contributed by atoms with E-state index in [4.69, 9.17) is 5.11 Å². The smallest absolute Gasteiger partial charge is 0.320 e. The van der Waals surface area contributed by atoms with Gasteiger partial charge in [-0.3, -0.25) is 4.79 Å². The first-order valence-electron chi connectivity index (χ1n) is 5.94. The van der Waals surface area contributed by atoms with Crippen molar-refractivity contribution in [1.29, 1.82) is 0 Å². The van der Waals surface area contributed by atoms with Crippen LogP contribution in [0.25, 0.3) is 0 Å². The number of nitrogens with one attached hydrogen (secondary N) is 1. The number of amides is 1. The number of hydrogen-bond acceptors (Lipinski definition) is 3. The highest BCUT2D eigenvalue weighted by Gasteiger charge is 2.08. The molecule has 0 bridgehead atoms. The topological polar surface area (TPSA) is 69.6 Å². The molecule has 0 aliphatic heterocycles. The normalized spacial score (nSPS) is 10.0. The first kappa shape index (κ1) is 13.2. The molecule has 0 aliphatic rings. The molecule has 0 heterocycles.